The number of benzene rings is 1. The summed E-state index contributed by atoms with van der Waals surface area (Å²) in [6.07, 6.45) is 1.96. The number of carboxylic acid groups (broad SMARTS) is 1. The number of ether oxygens (including phenoxy) is 2. The number of rotatable bonds is 2. The first-order chi connectivity index (χ1) is 10.5. The molecule has 1 N–H and O–H groups in total. The van der Waals surface area contributed by atoms with Crippen LogP contribution in [0.2, 0.25) is 0 Å². The molecule has 1 aromatic carbocycles. The molecule has 3 rings (SSSR count). The van der Waals surface area contributed by atoms with E-state index in [1.807, 2.05) is 0 Å². The van der Waals surface area contributed by atoms with Crippen LogP contribution < -0.4 is 9.47 Å². The van der Waals surface area contributed by atoms with Crippen LogP contribution in [0.3, 0.4) is 0 Å². The Hall–Kier alpha value is -2.24. The van der Waals surface area contributed by atoms with Crippen molar-refractivity contribution in [2.75, 3.05) is 19.8 Å². The Morgan fingerprint density at radius 3 is 2.64 bits per heavy atom. The minimum Gasteiger partial charge on any atom is -0.490 e. The van der Waals surface area contributed by atoms with Gasteiger partial charge in [-0.15, -0.1) is 0 Å². The van der Waals surface area contributed by atoms with Gasteiger partial charge in [0.05, 0.1) is 13.2 Å². The fourth-order valence-corrected chi connectivity index (χ4v) is 2.96. The van der Waals surface area contributed by atoms with E-state index in [0.29, 0.717) is 49.7 Å². The van der Waals surface area contributed by atoms with E-state index >= 15 is 0 Å². The van der Waals surface area contributed by atoms with E-state index in [1.165, 1.54) is 4.90 Å². The SMILES string of the molecule is CC1(C(=O)O)CCCN1C(=O)c1ccc2c(c1)OCCCO2. The van der Waals surface area contributed by atoms with E-state index in [4.69, 9.17) is 9.47 Å². The van der Waals surface area contributed by atoms with Crippen molar-refractivity contribution in [2.24, 2.45) is 0 Å². The quantitative estimate of drug-likeness (QED) is 0.903. The predicted octanol–water partition coefficient (Wildman–Crippen LogP) is 1.93. The van der Waals surface area contributed by atoms with Crippen LogP contribution in [0.15, 0.2) is 18.2 Å². The number of hydrogen-bond donors (Lipinski definition) is 1. The summed E-state index contributed by atoms with van der Waals surface area (Å²) in [5.74, 6) is -0.0817. The Morgan fingerprint density at radius 1 is 1.18 bits per heavy atom. The average Bonchev–Trinajstić information content (AvgIpc) is 2.76. The maximum atomic E-state index is 12.7. The first-order valence-corrected chi connectivity index (χ1v) is 7.47. The van der Waals surface area contributed by atoms with E-state index in [2.05, 4.69) is 0 Å². The number of carbonyl (C=O) groups excluding carboxylic acids is 1. The second kappa shape index (κ2) is 5.51. The number of nitrogens with zero attached hydrogens (tertiary/aromatic N) is 1. The highest BCUT2D eigenvalue weighted by atomic mass is 16.5. The molecule has 0 saturated carbocycles. The first-order valence-electron chi connectivity index (χ1n) is 7.47. The van der Waals surface area contributed by atoms with Gasteiger partial charge < -0.3 is 19.5 Å². The highest BCUT2D eigenvalue weighted by Crippen LogP contribution is 2.34. The summed E-state index contributed by atoms with van der Waals surface area (Å²) in [6, 6.07) is 5.02. The van der Waals surface area contributed by atoms with Crippen LogP contribution in [-0.4, -0.2) is 47.2 Å². The van der Waals surface area contributed by atoms with Gasteiger partial charge in [0, 0.05) is 18.5 Å². The molecular weight excluding hydrogens is 286 g/mol. The monoisotopic (exact) mass is 305 g/mol. The topological polar surface area (TPSA) is 76.1 Å². The molecule has 0 aliphatic carbocycles. The van der Waals surface area contributed by atoms with Crippen molar-refractivity contribution in [1.29, 1.82) is 0 Å². The Balaban J connectivity index is 1.89. The predicted molar refractivity (Wildman–Crippen MR) is 78.4 cm³/mol. The van der Waals surface area contributed by atoms with Crippen molar-refractivity contribution >= 4 is 11.9 Å². The van der Waals surface area contributed by atoms with Crippen LogP contribution in [0.1, 0.15) is 36.5 Å². The standard InChI is InChI=1S/C16H19NO5/c1-16(15(19)20)6-2-7-17(16)14(18)11-4-5-12-13(10-11)22-9-3-8-21-12/h4-5,10H,2-3,6-9H2,1H3,(H,19,20). The molecule has 0 spiro atoms. The lowest BCUT2D eigenvalue weighted by molar-refractivity contribution is -0.147. The van der Waals surface area contributed by atoms with Crippen molar-refractivity contribution in [2.45, 2.75) is 31.7 Å². The van der Waals surface area contributed by atoms with Crippen LogP contribution in [-0.2, 0) is 4.79 Å². The molecule has 1 aromatic rings. The second-order valence-corrected chi connectivity index (χ2v) is 5.85. The highest BCUT2D eigenvalue weighted by molar-refractivity contribution is 5.98. The van der Waals surface area contributed by atoms with Crippen molar-refractivity contribution in [3.63, 3.8) is 0 Å². The molecule has 1 unspecified atom stereocenters. The van der Waals surface area contributed by atoms with Gasteiger partial charge in [0.1, 0.15) is 5.54 Å². The molecule has 6 nitrogen and oxygen atoms in total. The van der Waals surface area contributed by atoms with Gasteiger partial charge in [-0.25, -0.2) is 4.79 Å². The van der Waals surface area contributed by atoms with Gasteiger partial charge in [0.2, 0.25) is 0 Å². The summed E-state index contributed by atoms with van der Waals surface area (Å²) in [7, 11) is 0. The third kappa shape index (κ3) is 2.38. The zero-order valence-electron chi connectivity index (χ0n) is 12.5. The number of fused-ring (bicyclic) bond motifs is 1. The molecular formula is C16H19NO5. The van der Waals surface area contributed by atoms with E-state index in [0.717, 1.165) is 6.42 Å². The van der Waals surface area contributed by atoms with Crippen LogP contribution in [0.25, 0.3) is 0 Å². The number of hydrogen-bond acceptors (Lipinski definition) is 4. The lowest BCUT2D eigenvalue weighted by atomic mass is 9.98. The second-order valence-electron chi connectivity index (χ2n) is 5.85. The van der Waals surface area contributed by atoms with Gasteiger partial charge in [0.15, 0.2) is 11.5 Å². The summed E-state index contributed by atoms with van der Waals surface area (Å²) < 4.78 is 11.1. The lowest BCUT2D eigenvalue weighted by Gasteiger charge is -2.31. The Labute approximate surface area is 128 Å². The molecule has 22 heavy (non-hydrogen) atoms. The van der Waals surface area contributed by atoms with Gasteiger partial charge in [-0.05, 0) is 38.0 Å². The minimum absolute atomic E-state index is 0.280. The molecule has 2 aliphatic heterocycles. The summed E-state index contributed by atoms with van der Waals surface area (Å²) in [4.78, 5) is 25.7. The molecule has 1 atom stereocenters. The van der Waals surface area contributed by atoms with E-state index in [1.54, 1.807) is 25.1 Å². The molecule has 118 valence electrons. The van der Waals surface area contributed by atoms with Gasteiger partial charge in [0.25, 0.3) is 5.91 Å². The number of amides is 1. The van der Waals surface area contributed by atoms with Gasteiger partial charge in [-0.1, -0.05) is 0 Å². The third-order valence-corrected chi connectivity index (χ3v) is 4.34. The number of likely N-dealkylation sites (tertiary alicyclic amines) is 1. The summed E-state index contributed by atoms with van der Waals surface area (Å²) in [5.41, 5.74) is -0.708. The van der Waals surface area contributed by atoms with Gasteiger partial charge in [-0.3, -0.25) is 4.79 Å². The normalized spacial score (nSPS) is 24.0. The summed E-state index contributed by atoms with van der Waals surface area (Å²) >= 11 is 0. The van der Waals surface area contributed by atoms with Gasteiger partial charge in [-0.2, -0.15) is 0 Å². The highest BCUT2D eigenvalue weighted by Gasteiger charge is 2.46. The third-order valence-electron chi connectivity index (χ3n) is 4.34. The molecule has 0 radical (unpaired) electrons. The van der Waals surface area contributed by atoms with Crippen molar-refractivity contribution < 1.29 is 24.2 Å². The Bertz CT molecular complexity index is 615. The smallest absolute Gasteiger partial charge is 0.329 e. The Kier molecular flexibility index (Phi) is 3.68. The molecule has 0 bridgehead atoms. The van der Waals surface area contributed by atoms with E-state index in [9.17, 15) is 14.7 Å². The number of aliphatic carboxylic acids is 1. The summed E-state index contributed by atoms with van der Waals surface area (Å²) in [5, 5.41) is 9.43. The fraction of sp³-hybridized carbons (Fsp3) is 0.500. The molecule has 1 fully saturated rings. The van der Waals surface area contributed by atoms with E-state index < -0.39 is 11.5 Å². The molecule has 1 amide bonds. The molecule has 2 aliphatic rings. The lowest BCUT2D eigenvalue weighted by Crippen LogP contribution is -2.50. The van der Waals surface area contributed by atoms with Crippen LogP contribution >= 0.6 is 0 Å². The average molecular weight is 305 g/mol. The van der Waals surface area contributed by atoms with Gasteiger partial charge >= 0.3 is 5.97 Å². The Morgan fingerprint density at radius 2 is 1.91 bits per heavy atom. The minimum atomic E-state index is -1.14. The summed E-state index contributed by atoms with van der Waals surface area (Å²) in [6.45, 7) is 3.18. The molecule has 1 saturated heterocycles. The zero-order chi connectivity index (χ0) is 15.7. The number of carbonyl (C=O) groups is 2. The first kappa shape index (κ1) is 14.7. The van der Waals surface area contributed by atoms with Crippen LogP contribution in [0, 0.1) is 0 Å². The van der Waals surface area contributed by atoms with Crippen molar-refractivity contribution in [1.82, 2.24) is 4.90 Å². The molecule has 2 heterocycles. The molecule has 6 heteroatoms. The van der Waals surface area contributed by atoms with E-state index in [-0.39, 0.29) is 5.91 Å². The van der Waals surface area contributed by atoms with Crippen molar-refractivity contribution in [3.05, 3.63) is 23.8 Å². The fourth-order valence-electron chi connectivity index (χ4n) is 2.96. The number of carboxylic acids is 1. The largest absolute Gasteiger partial charge is 0.490 e. The molecule has 0 aromatic heterocycles. The van der Waals surface area contributed by atoms with Crippen LogP contribution in [0.5, 0.6) is 11.5 Å². The zero-order valence-corrected chi connectivity index (χ0v) is 12.5. The van der Waals surface area contributed by atoms with Crippen molar-refractivity contribution in [3.8, 4) is 11.5 Å². The maximum Gasteiger partial charge on any atom is 0.329 e. The van der Waals surface area contributed by atoms with Crippen LogP contribution in [0.4, 0.5) is 0 Å². The maximum absolute atomic E-state index is 12.7.